The van der Waals surface area contributed by atoms with Gasteiger partial charge in [-0.15, -0.1) is 0 Å². The van der Waals surface area contributed by atoms with Gasteiger partial charge in [0.15, 0.2) is 0 Å². The molecule has 8 heteroatoms. The number of fused-ring (bicyclic) bond motifs is 1. The number of carbonyl (C=O) groups is 1. The van der Waals surface area contributed by atoms with Gasteiger partial charge in [0.2, 0.25) is 15.9 Å². The van der Waals surface area contributed by atoms with E-state index in [4.69, 9.17) is 4.74 Å². The lowest BCUT2D eigenvalue weighted by Gasteiger charge is -2.31. The number of amides is 1. The molecule has 0 unspecified atom stereocenters. The van der Waals surface area contributed by atoms with Gasteiger partial charge in [-0.2, -0.15) is 4.31 Å². The van der Waals surface area contributed by atoms with Crippen molar-refractivity contribution < 1.29 is 17.9 Å². The quantitative estimate of drug-likeness (QED) is 0.678. The van der Waals surface area contributed by atoms with E-state index >= 15 is 0 Å². The van der Waals surface area contributed by atoms with Crippen LogP contribution in [0.3, 0.4) is 0 Å². The number of nitrogens with one attached hydrogen (secondary N) is 1. The molecule has 156 valence electrons. The SMILES string of the molecule is COc1ccc(NC(=O)[C@H]2CCCN(S(=O)(=O)c3cccc4cccnc34)C2)cc1. The van der Waals surface area contributed by atoms with Crippen molar-refractivity contribution in [3.05, 3.63) is 60.8 Å². The Balaban J connectivity index is 1.53. The molecule has 2 aromatic carbocycles. The van der Waals surface area contributed by atoms with Gasteiger partial charge in [0.05, 0.1) is 18.5 Å². The van der Waals surface area contributed by atoms with E-state index in [2.05, 4.69) is 10.3 Å². The van der Waals surface area contributed by atoms with Gasteiger partial charge in [-0.05, 0) is 49.2 Å². The summed E-state index contributed by atoms with van der Waals surface area (Å²) >= 11 is 0. The minimum absolute atomic E-state index is 0.146. The highest BCUT2D eigenvalue weighted by molar-refractivity contribution is 7.89. The fraction of sp³-hybridized carbons (Fsp3) is 0.273. The van der Waals surface area contributed by atoms with Crippen molar-refractivity contribution in [1.29, 1.82) is 0 Å². The Morgan fingerprint density at radius 3 is 2.67 bits per heavy atom. The fourth-order valence-corrected chi connectivity index (χ4v) is 5.41. The van der Waals surface area contributed by atoms with Crippen molar-refractivity contribution in [2.24, 2.45) is 5.92 Å². The van der Waals surface area contributed by atoms with Gasteiger partial charge in [-0.25, -0.2) is 8.42 Å². The van der Waals surface area contributed by atoms with E-state index in [1.165, 1.54) is 4.31 Å². The third-order valence-corrected chi connectivity index (χ3v) is 7.22. The molecule has 0 radical (unpaired) electrons. The summed E-state index contributed by atoms with van der Waals surface area (Å²) in [6, 6.07) is 15.8. The predicted molar refractivity (Wildman–Crippen MR) is 115 cm³/mol. The molecule has 1 aromatic heterocycles. The Labute approximate surface area is 175 Å². The Hall–Kier alpha value is -2.97. The first-order valence-corrected chi connectivity index (χ1v) is 11.2. The van der Waals surface area contributed by atoms with Gasteiger partial charge >= 0.3 is 0 Å². The third-order valence-electron chi connectivity index (χ3n) is 5.33. The maximum absolute atomic E-state index is 13.3. The van der Waals surface area contributed by atoms with E-state index in [9.17, 15) is 13.2 Å². The van der Waals surface area contributed by atoms with Crippen LogP contribution in [0.2, 0.25) is 0 Å². The van der Waals surface area contributed by atoms with Crippen molar-refractivity contribution in [1.82, 2.24) is 9.29 Å². The molecular formula is C22H23N3O4S. The van der Waals surface area contributed by atoms with Crippen molar-refractivity contribution in [3.8, 4) is 5.75 Å². The van der Waals surface area contributed by atoms with Crippen molar-refractivity contribution in [2.75, 3.05) is 25.5 Å². The zero-order valence-electron chi connectivity index (χ0n) is 16.6. The number of pyridine rings is 1. The molecule has 1 aliphatic rings. The number of sulfonamides is 1. The summed E-state index contributed by atoms with van der Waals surface area (Å²) in [6.07, 6.45) is 2.85. The number of para-hydroxylation sites is 1. The van der Waals surface area contributed by atoms with E-state index in [1.54, 1.807) is 55.8 Å². The minimum Gasteiger partial charge on any atom is -0.497 e. The minimum atomic E-state index is -3.76. The molecule has 1 fully saturated rings. The second-order valence-electron chi connectivity index (χ2n) is 7.25. The molecule has 1 saturated heterocycles. The van der Waals surface area contributed by atoms with Crippen molar-refractivity contribution in [2.45, 2.75) is 17.7 Å². The lowest BCUT2D eigenvalue weighted by atomic mass is 9.99. The van der Waals surface area contributed by atoms with E-state index in [0.717, 1.165) is 5.39 Å². The monoisotopic (exact) mass is 425 g/mol. The molecule has 1 N–H and O–H groups in total. The van der Waals surface area contributed by atoms with Gasteiger partial charge in [-0.3, -0.25) is 9.78 Å². The highest BCUT2D eigenvalue weighted by Crippen LogP contribution is 2.28. The number of nitrogens with zero attached hydrogens (tertiary/aromatic N) is 2. The lowest BCUT2D eigenvalue weighted by Crippen LogP contribution is -2.43. The molecular weight excluding hydrogens is 402 g/mol. The molecule has 3 aromatic rings. The normalized spacial score (nSPS) is 17.6. The average molecular weight is 426 g/mol. The maximum Gasteiger partial charge on any atom is 0.245 e. The Bertz CT molecular complexity index is 1160. The molecule has 0 aliphatic carbocycles. The van der Waals surface area contributed by atoms with Crippen LogP contribution in [0, 0.1) is 5.92 Å². The number of aromatic nitrogens is 1. The summed E-state index contributed by atoms with van der Waals surface area (Å²) in [7, 11) is -2.18. The third kappa shape index (κ3) is 4.01. The second-order valence-corrected chi connectivity index (χ2v) is 9.16. The van der Waals surface area contributed by atoms with Gasteiger partial charge < -0.3 is 10.1 Å². The summed E-state index contributed by atoms with van der Waals surface area (Å²) in [4.78, 5) is 17.2. The number of rotatable bonds is 5. The van der Waals surface area contributed by atoms with Crippen LogP contribution < -0.4 is 10.1 Å². The lowest BCUT2D eigenvalue weighted by molar-refractivity contribution is -0.120. The Morgan fingerprint density at radius 2 is 1.90 bits per heavy atom. The number of piperidine rings is 1. The van der Waals surface area contributed by atoms with Gasteiger partial charge in [0.25, 0.3) is 0 Å². The van der Waals surface area contributed by atoms with E-state index in [-0.39, 0.29) is 17.3 Å². The Kier molecular flexibility index (Phi) is 5.69. The molecule has 0 spiro atoms. The number of carbonyl (C=O) groups excluding carboxylic acids is 1. The largest absolute Gasteiger partial charge is 0.497 e. The number of benzene rings is 2. The van der Waals surface area contributed by atoms with Crippen molar-refractivity contribution in [3.63, 3.8) is 0 Å². The summed E-state index contributed by atoms with van der Waals surface area (Å²) in [5.74, 6) is 0.0984. The summed E-state index contributed by atoms with van der Waals surface area (Å²) < 4.78 is 33.2. The zero-order valence-corrected chi connectivity index (χ0v) is 17.4. The predicted octanol–water partition coefficient (Wildman–Crippen LogP) is 3.28. The van der Waals surface area contributed by atoms with E-state index in [1.807, 2.05) is 12.1 Å². The maximum atomic E-state index is 13.3. The number of hydrogen-bond acceptors (Lipinski definition) is 5. The number of methoxy groups -OCH3 is 1. The van der Waals surface area contributed by atoms with Crippen LogP contribution in [0.5, 0.6) is 5.75 Å². The fourth-order valence-electron chi connectivity index (χ4n) is 3.72. The van der Waals surface area contributed by atoms with Crippen LogP contribution in [0.25, 0.3) is 10.9 Å². The van der Waals surface area contributed by atoms with Crippen LogP contribution in [-0.2, 0) is 14.8 Å². The van der Waals surface area contributed by atoms with Crippen LogP contribution in [-0.4, -0.2) is 43.8 Å². The number of hydrogen-bond donors (Lipinski definition) is 1. The first-order chi connectivity index (χ1) is 14.5. The molecule has 2 heterocycles. The number of anilines is 1. The second kappa shape index (κ2) is 8.41. The van der Waals surface area contributed by atoms with Crippen LogP contribution in [0.1, 0.15) is 12.8 Å². The summed E-state index contributed by atoms with van der Waals surface area (Å²) in [5, 5.41) is 3.64. The van der Waals surface area contributed by atoms with Crippen molar-refractivity contribution >= 4 is 32.5 Å². The van der Waals surface area contributed by atoms with Crippen LogP contribution in [0.4, 0.5) is 5.69 Å². The molecule has 1 amide bonds. The van der Waals surface area contributed by atoms with E-state index < -0.39 is 15.9 Å². The molecule has 1 atom stereocenters. The standard InChI is InChI=1S/C22H23N3O4S/c1-29-19-11-9-18(10-12-19)24-22(26)17-7-4-14-25(15-17)30(27,28)20-8-2-5-16-6-3-13-23-21(16)20/h2-3,5-6,8-13,17H,4,7,14-15H2,1H3,(H,24,26)/t17-/m0/s1. The smallest absolute Gasteiger partial charge is 0.245 e. The highest BCUT2D eigenvalue weighted by atomic mass is 32.2. The molecule has 0 bridgehead atoms. The first-order valence-electron chi connectivity index (χ1n) is 9.78. The molecule has 1 aliphatic heterocycles. The Morgan fingerprint density at radius 1 is 1.13 bits per heavy atom. The van der Waals surface area contributed by atoms with E-state index in [0.29, 0.717) is 36.3 Å². The van der Waals surface area contributed by atoms with Gasteiger partial charge in [0.1, 0.15) is 10.6 Å². The highest BCUT2D eigenvalue weighted by Gasteiger charge is 2.34. The van der Waals surface area contributed by atoms with Crippen LogP contribution in [0.15, 0.2) is 65.7 Å². The average Bonchev–Trinajstić information content (AvgIpc) is 2.79. The van der Waals surface area contributed by atoms with Gasteiger partial charge in [-0.1, -0.05) is 18.2 Å². The molecule has 4 rings (SSSR count). The van der Waals surface area contributed by atoms with Crippen LogP contribution >= 0.6 is 0 Å². The van der Waals surface area contributed by atoms with Gasteiger partial charge in [0, 0.05) is 30.4 Å². The number of ether oxygens (including phenoxy) is 1. The first kappa shape index (κ1) is 20.3. The molecule has 0 saturated carbocycles. The molecule has 7 nitrogen and oxygen atoms in total. The molecule has 30 heavy (non-hydrogen) atoms. The zero-order chi connectivity index (χ0) is 21.1. The summed E-state index contributed by atoms with van der Waals surface area (Å²) in [6.45, 7) is 0.533. The summed E-state index contributed by atoms with van der Waals surface area (Å²) in [5.41, 5.74) is 1.10. The topological polar surface area (TPSA) is 88.6 Å².